The van der Waals surface area contributed by atoms with E-state index >= 15 is 0 Å². The van der Waals surface area contributed by atoms with Gasteiger partial charge in [0.05, 0.1) is 12.2 Å². The number of hydrogen-bond donors (Lipinski definition) is 0. The van der Waals surface area contributed by atoms with Crippen LogP contribution in [0, 0.1) is 11.6 Å². The molecule has 6 nitrogen and oxygen atoms in total. The maximum absolute atomic E-state index is 13.6. The summed E-state index contributed by atoms with van der Waals surface area (Å²) in [4.78, 5) is 23.1. The summed E-state index contributed by atoms with van der Waals surface area (Å²) in [5.74, 6) is -1.38. The molecule has 9 heteroatoms. The third-order valence-electron chi connectivity index (χ3n) is 6.06. The van der Waals surface area contributed by atoms with E-state index < -0.39 is 11.6 Å². The van der Waals surface area contributed by atoms with Crippen LogP contribution in [0.25, 0.3) is 21.8 Å². The van der Waals surface area contributed by atoms with Gasteiger partial charge < -0.3 is 4.90 Å². The molecule has 5 rings (SSSR count). The lowest BCUT2D eigenvalue weighted by molar-refractivity contribution is 0.149. The summed E-state index contributed by atoms with van der Waals surface area (Å²) < 4.78 is 28.6. The second-order valence-corrected chi connectivity index (χ2v) is 9.90. The van der Waals surface area contributed by atoms with Crippen LogP contribution in [0.15, 0.2) is 65.6 Å². The van der Waals surface area contributed by atoms with Crippen LogP contribution in [0.5, 0.6) is 0 Å². The Labute approximate surface area is 206 Å². The summed E-state index contributed by atoms with van der Waals surface area (Å²) in [6, 6.07) is 13.9. The van der Waals surface area contributed by atoms with Crippen LogP contribution in [0.1, 0.15) is 10.4 Å². The van der Waals surface area contributed by atoms with Crippen LogP contribution in [0.3, 0.4) is 0 Å². The van der Waals surface area contributed by atoms with E-state index in [-0.39, 0.29) is 17.7 Å². The first-order valence-electron chi connectivity index (χ1n) is 11.4. The maximum atomic E-state index is 13.6. The molecule has 35 heavy (non-hydrogen) atoms. The number of hydrogen-bond acceptors (Lipinski definition) is 6. The van der Waals surface area contributed by atoms with Crippen LogP contribution in [-0.2, 0) is 13.1 Å². The minimum absolute atomic E-state index is 0.234. The highest BCUT2D eigenvalue weighted by Crippen LogP contribution is 2.27. The molecule has 0 atom stereocenters. The average molecular weight is 494 g/mol. The van der Waals surface area contributed by atoms with E-state index in [2.05, 4.69) is 26.9 Å². The topological polar surface area (TPSA) is 54.3 Å². The molecule has 180 valence electrons. The minimum atomic E-state index is -0.692. The molecule has 2 aromatic heterocycles. The first-order valence-corrected chi connectivity index (χ1v) is 12.2. The van der Waals surface area contributed by atoms with Crippen LogP contribution < -0.4 is 5.56 Å². The number of piperazine rings is 1. The van der Waals surface area contributed by atoms with Gasteiger partial charge in [-0.2, -0.15) is 5.10 Å². The number of thiazole rings is 1. The largest absolute Gasteiger partial charge is 0.304 e. The molecule has 0 amide bonds. The van der Waals surface area contributed by atoms with Crippen molar-refractivity contribution < 1.29 is 8.78 Å². The first-order chi connectivity index (χ1) is 16.9. The Bertz CT molecular complexity index is 1370. The number of rotatable bonds is 6. The number of aromatic nitrogens is 3. The van der Waals surface area contributed by atoms with E-state index in [1.54, 1.807) is 11.3 Å². The second kappa shape index (κ2) is 10.2. The molecule has 3 heterocycles. The van der Waals surface area contributed by atoms with E-state index in [1.165, 1.54) is 33.8 Å². The van der Waals surface area contributed by atoms with Crippen molar-refractivity contribution in [1.82, 2.24) is 24.6 Å². The van der Waals surface area contributed by atoms with E-state index in [9.17, 15) is 13.6 Å². The van der Waals surface area contributed by atoms with Crippen molar-refractivity contribution in [3.8, 4) is 21.8 Å². The lowest BCUT2D eigenvalue weighted by Gasteiger charge is -2.31. The zero-order valence-electron chi connectivity index (χ0n) is 19.3. The van der Waals surface area contributed by atoms with Gasteiger partial charge in [0.2, 0.25) is 0 Å². The van der Waals surface area contributed by atoms with Crippen LogP contribution in [0.4, 0.5) is 8.78 Å². The Morgan fingerprint density at radius 1 is 0.914 bits per heavy atom. The zero-order valence-corrected chi connectivity index (χ0v) is 20.1. The first kappa shape index (κ1) is 23.5. The van der Waals surface area contributed by atoms with E-state index in [0.29, 0.717) is 5.69 Å². The van der Waals surface area contributed by atoms with E-state index in [4.69, 9.17) is 0 Å². The normalized spacial score (nSPS) is 14.9. The Morgan fingerprint density at radius 2 is 1.69 bits per heavy atom. The smallest absolute Gasteiger partial charge is 0.267 e. The van der Waals surface area contributed by atoms with Crippen LogP contribution >= 0.6 is 11.3 Å². The van der Waals surface area contributed by atoms with Crippen molar-refractivity contribution in [2.24, 2.45) is 0 Å². The van der Waals surface area contributed by atoms with Crippen molar-refractivity contribution >= 4 is 11.3 Å². The molecule has 0 N–H and O–H groups in total. The van der Waals surface area contributed by atoms with Crippen LogP contribution in [-0.4, -0.2) is 57.8 Å². The number of nitrogens with zero attached hydrogens (tertiary/aromatic N) is 5. The Balaban J connectivity index is 1.34. The van der Waals surface area contributed by atoms with Gasteiger partial charge in [-0.3, -0.25) is 9.69 Å². The lowest BCUT2D eigenvalue weighted by Crippen LogP contribution is -2.43. The highest BCUT2D eigenvalue weighted by atomic mass is 32.1. The van der Waals surface area contributed by atoms with E-state index in [0.717, 1.165) is 54.9 Å². The summed E-state index contributed by atoms with van der Waals surface area (Å²) in [5, 5.41) is 5.28. The molecule has 1 aliphatic heterocycles. The molecule has 1 aliphatic rings. The standard InChI is InChI=1S/C26H25F2N5OS/c1-31-7-9-32(10-8-31)17-23-15-29-26(35-23)19-4-2-3-18(11-19)16-33-25(34)6-5-24(30-33)20-12-21(27)14-22(28)13-20/h2-6,11-15H,7-10,16-17H2,1H3. The highest BCUT2D eigenvalue weighted by molar-refractivity contribution is 7.15. The number of halogens is 2. The molecule has 1 fully saturated rings. The quantitative estimate of drug-likeness (QED) is 0.405. The molecule has 2 aromatic carbocycles. The molecular formula is C26H25F2N5OS. The number of benzene rings is 2. The summed E-state index contributed by atoms with van der Waals surface area (Å²) in [5.41, 5.74) is 2.18. The molecule has 0 aliphatic carbocycles. The van der Waals surface area contributed by atoms with Gasteiger partial charge in [0, 0.05) is 67.1 Å². The summed E-state index contributed by atoms with van der Waals surface area (Å²) >= 11 is 1.68. The fourth-order valence-electron chi connectivity index (χ4n) is 4.13. The van der Waals surface area contributed by atoms with E-state index in [1.807, 2.05) is 30.5 Å². The molecule has 0 bridgehead atoms. The zero-order chi connectivity index (χ0) is 24.4. The Hall–Kier alpha value is -3.27. The fraction of sp³-hybridized carbons (Fsp3) is 0.269. The van der Waals surface area contributed by atoms with Gasteiger partial charge >= 0.3 is 0 Å². The monoisotopic (exact) mass is 493 g/mol. The SMILES string of the molecule is CN1CCN(Cc2cnc(-c3cccc(Cn4nc(-c5cc(F)cc(F)c5)ccc4=O)c3)s2)CC1. The lowest BCUT2D eigenvalue weighted by atomic mass is 10.1. The van der Waals surface area contributed by atoms with Crippen molar-refractivity contribution in [3.05, 3.63) is 93.2 Å². The molecule has 1 saturated heterocycles. The van der Waals surface area contributed by atoms with Crippen molar-refractivity contribution in [3.63, 3.8) is 0 Å². The van der Waals surface area contributed by atoms with Gasteiger partial charge in [-0.1, -0.05) is 18.2 Å². The predicted molar refractivity (Wildman–Crippen MR) is 133 cm³/mol. The second-order valence-electron chi connectivity index (χ2n) is 8.78. The summed E-state index contributed by atoms with van der Waals surface area (Å²) in [7, 11) is 2.15. The van der Waals surface area contributed by atoms with Crippen molar-refractivity contribution in [1.29, 1.82) is 0 Å². The van der Waals surface area contributed by atoms with Crippen LogP contribution in [0.2, 0.25) is 0 Å². The van der Waals surface area contributed by atoms with Gasteiger partial charge in [-0.25, -0.2) is 18.4 Å². The molecule has 0 radical (unpaired) electrons. The van der Waals surface area contributed by atoms with Gasteiger partial charge in [-0.05, 0) is 36.9 Å². The Morgan fingerprint density at radius 3 is 2.46 bits per heavy atom. The van der Waals surface area contributed by atoms with Gasteiger partial charge in [0.15, 0.2) is 0 Å². The minimum Gasteiger partial charge on any atom is -0.304 e. The summed E-state index contributed by atoms with van der Waals surface area (Å²) in [6.07, 6.45) is 1.94. The predicted octanol–water partition coefficient (Wildman–Crippen LogP) is 4.11. The molecule has 4 aromatic rings. The third-order valence-corrected chi connectivity index (χ3v) is 7.09. The highest BCUT2D eigenvalue weighted by Gasteiger charge is 2.16. The average Bonchev–Trinajstić information content (AvgIpc) is 3.30. The molecular weight excluding hydrogens is 468 g/mol. The maximum Gasteiger partial charge on any atom is 0.267 e. The van der Waals surface area contributed by atoms with Gasteiger partial charge in [-0.15, -0.1) is 11.3 Å². The molecule has 0 unspecified atom stereocenters. The third kappa shape index (κ3) is 5.70. The number of likely N-dealkylation sites (N-methyl/N-ethyl adjacent to an activating group) is 1. The van der Waals surface area contributed by atoms with Gasteiger partial charge in [0.1, 0.15) is 16.6 Å². The van der Waals surface area contributed by atoms with Crippen molar-refractivity contribution in [2.45, 2.75) is 13.1 Å². The Kier molecular flexibility index (Phi) is 6.81. The van der Waals surface area contributed by atoms with Crippen molar-refractivity contribution in [2.75, 3.05) is 33.2 Å². The summed E-state index contributed by atoms with van der Waals surface area (Å²) in [6.45, 7) is 5.41. The molecule has 0 saturated carbocycles. The van der Waals surface area contributed by atoms with Gasteiger partial charge in [0.25, 0.3) is 5.56 Å². The fourth-order valence-corrected chi connectivity index (χ4v) is 5.09. The molecule has 0 spiro atoms.